The van der Waals surface area contributed by atoms with Crippen molar-refractivity contribution in [3.8, 4) is 0 Å². The Balaban J connectivity index is 2.08. The molecule has 0 aromatic carbocycles. The molecule has 0 atom stereocenters. The summed E-state index contributed by atoms with van der Waals surface area (Å²) in [5.74, 6) is 0. The Kier molecular flexibility index (Phi) is 4.23. The molecule has 6 heteroatoms. The number of aromatic nitrogens is 3. The maximum absolute atomic E-state index is 6.20. The lowest BCUT2D eigenvalue weighted by atomic mass is 10.2. The molecule has 0 aliphatic carbocycles. The molecule has 0 radical (unpaired) electrons. The van der Waals surface area contributed by atoms with Gasteiger partial charge in [-0.05, 0) is 30.1 Å². The van der Waals surface area contributed by atoms with Gasteiger partial charge in [0.05, 0.1) is 5.39 Å². The van der Waals surface area contributed by atoms with Crippen molar-refractivity contribution in [3.05, 3.63) is 23.2 Å². The third-order valence-electron chi connectivity index (χ3n) is 4.15. The number of fused-ring (bicyclic) bond motifs is 1. The second-order valence-corrected chi connectivity index (χ2v) is 11.7. The van der Waals surface area contributed by atoms with Gasteiger partial charge in [-0.2, -0.15) is 0 Å². The Morgan fingerprint density at radius 1 is 1.30 bits per heavy atom. The molecule has 0 fully saturated rings. The lowest BCUT2D eigenvalue weighted by Gasteiger charge is -2.36. The van der Waals surface area contributed by atoms with Gasteiger partial charge in [-0.15, -0.1) is 0 Å². The zero-order chi connectivity index (χ0) is 15.0. The Labute approximate surface area is 126 Å². The summed E-state index contributed by atoms with van der Waals surface area (Å²) in [5, 5.41) is 1.64. The molecule has 0 bridgehead atoms. The quantitative estimate of drug-likeness (QED) is 0.681. The summed E-state index contributed by atoms with van der Waals surface area (Å²) in [6.45, 7) is 12.0. The number of nitrogens with one attached hydrogen (secondary N) is 1. The molecule has 0 amide bonds. The molecule has 2 aromatic rings. The summed E-state index contributed by atoms with van der Waals surface area (Å²) < 4.78 is 6.20. The summed E-state index contributed by atoms with van der Waals surface area (Å²) in [4.78, 5) is 11.3. The fourth-order valence-corrected chi connectivity index (χ4v) is 3.12. The van der Waals surface area contributed by atoms with Crippen LogP contribution in [-0.4, -0.2) is 29.9 Å². The number of hydrogen-bond donors (Lipinski definition) is 1. The molecule has 0 aliphatic heterocycles. The molecule has 2 aromatic heterocycles. The fourth-order valence-electron chi connectivity index (χ4n) is 1.82. The summed E-state index contributed by atoms with van der Waals surface area (Å²) in [5.41, 5.74) is 1.90. The first kappa shape index (κ1) is 15.5. The van der Waals surface area contributed by atoms with Crippen LogP contribution in [0.3, 0.4) is 0 Å². The molecule has 0 saturated carbocycles. The molecule has 2 heterocycles. The van der Waals surface area contributed by atoms with Crippen LogP contribution >= 0.6 is 11.6 Å². The van der Waals surface area contributed by atoms with Crippen molar-refractivity contribution in [3.63, 3.8) is 0 Å². The van der Waals surface area contributed by atoms with E-state index in [9.17, 15) is 0 Å². The van der Waals surface area contributed by atoms with Crippen LogP contribution in [-0.2, 0) is 10.8 Å². The van der Waals surface area contributed by atoms with Gasteiger partial charge in [-0.1, -0.05) is 32.4 Å². The fraction of sp³-hybridized carbons (Fsp3) is 0.571. The molecule has 0 unspecified atom stereocenters. The highest BCUT2D eigenvalue weighted by molar-refractivity contribution is 6.74. The van der Waals surface area contributed by atoms with E-state index >= 15 is 0 Å². The predicted octanol–water partition coefficient (Wildman–Crippen LogP) is 4.18. The minimum Gasteiger partial charge on any atom is -0.416 e. The minimum absolute atomic E-state index is 0.230. The predicted molar refractivity (Wildman–Crippen MR) is 85.8 cm³/mol. The highest BCUT2D eigenvalue weighted by atomic mass is 35.5. The molecule has 110 valence electrons. The van der Waals surface area contributed by atoms with E-state index in [1.165, 1.54) is 6.33 Å². The van der Waals surface area contributed by atoms with Gasteiger partial charge >= 0.3 is 0 Å². The summed E-state index contributed by atoms with van der Waals surface area (Å²) in [6, 6.07) is 0. The van der Waals surface area contributed by atoms with Gasteiger partial charge in [0, 0.05) is 12.8 Å². The molecule has 0 aliphatic rings. The van der Waals surface area contributed by atoms with E-state index in [1.807, 2.05) is 6.20 Å². The smallest absolute Gasteiger partial charge is 0.191 e. The number of aromatic amines is 1. The monoisotopic (exact) mass is 311 g/mol. The average Bonchev–Trinajstić information content (AvgIpc) is 2.72. The Bertz CT molecular complexity index is 604. The van der Waals surface area contributed by atoms with Crippen LogP contribution in [0.5, 0.6) is 0 Å². The van der Waals surface area contributed by atoms with E-state index in [-0.39, 0.29) is 5.04 Å². The van der Waals surface area contributed by atoms with Crippen LogP contribution in [0.4, 0.5) is 0 Å². The molecular formula is C14H22ClN3OSi. The van der Waals surface area contributed by atoms with E-state index in [0.29, 0.717) is 11.8 Å². The Morgan fingerprint density at radius 3 is 2.65 bits per heavy atom. The summed E-state index contributed by atoms with van der Waals surface area (Å²) in [6.07, 6.45) is 4.23. The largest absolute Gasteiger partial charge is 0.416 e. The SMILES string of the molecule is CC(C)(C)[Si](C)(C)OCCc1c[nH]c2ncnc(Cl)c12. The van der Waals surface area contributed by atoms with E-state index in [0.717, 1.165) is 23.0 Å². The van der Waals surface area contributed by atoms with Gasteiger partial charge in [0.25, 0.3) is 0 Å². The lowest BCUT2D eigenvalue weighted by molar-refractivity contribution is 0.292. The van der Waals surface area contributed by atoms with Crippen molar-refractivity contribution < 1.29 is 4.43 Å². The van der Waals surface area contributed by atoms with E-state index in [2.05, 4.69) is 48.8 Å². The Hall–Kier alpha value is -0.913. The first-order valence-corrected chi connectivity index (χ1v) is 10.1. The van der Waals surface area contributed by atoms with Gasteiger partial charge < -0.3 is 9.41 Å². The number of hydrogen-bond acceptors (Lipinski definition) is 3. The summed E-state index contributed by atoms with van der Waals surface area (Å²) in [7, 11) is -1.69. The first-order chi connectivity index (χ1) is 9.22. The van der Waals surface area contributed by atoms with Crippen molar-refractivity contribution in [2.75, 3.05) is 6.61 Å². The maximum atomic E-state index is 6.20. The van der Waals surface area contributed by atoms with E-state index in [1.54, 1.807) is 0 Å². The van der Waals surface area contributed by atoms with Crippen molar-refractivity contribution in [1.29, 1.82) is 0 Å². The third kappa shape index (κ3) is 3.05. The third-order valence-corrected chi connectivity index (χ3v) is 8.97. The molecule has 4 nitrogen and oxygen atoms in total. The van der Waals surface area contributed by atoms with Crippen molar-refractivity contribution >= 4 is 31.0 Å². The Morgan fingerprint density at radius 2 is 2.00 bits per heavy atom. The van der Waals surface area contributed by atoms with Crippen LogP contribution in [0.2, 0.25) is 23.3 Å². The van der Waals surface area contributed by atoms with Crippen molar-refractivity contribution in [1.82, 2.24) is 15.0 Å². The van der Waals surface area contributed by atoms with Gasteiger partial charge in [-0.25, -0.2) is 9.97 Å². The molecule has 0 spiro atoms. The molecule has 0 saturated heterocycles. The topological polar surface area (TPSA) is 50.8 Å². The lowest BCUT2D eigenvalue weighted by Crippen LogP contribution is -2.41. The van der Waals surface area contributed by atoms with Gasteiger partial charge in [0.2, 0.25) is 0 Å². The average molecular weight is 312 g/mol. The standard InChI is InChI=1S/C14H22ClN3OSi/c1-14(2,3)20(4,5)19-7-6-10-8-16-13-11(10)12(15)17-9-18-13/h8-9H,6-7H2,1-5H3,(H,16,17,18). The highest BCUT2D eigenvalue weighted by Gasteiger charge is 2.36. The first-order valence-electron chi connectivity index (χ1n) is 6.83. The zero-order valence-corrected chi connectivity index (χ0v) is 14.5. The van der Waals surface area contributed by atoms with Crippen LogP contribution in [0.1, 0.15) is 26.3 Å². The van der Waals surface area contributed by atoms with E-state index < -0.39 is 8.32 Å². The van der Waals surface area contributed by atoms with Gasteiger partial charge in [0.15, 0.2) is 8.32 Å². The molecule has 1 N–H and O–H groups in total. The molecule has 2 rings (SSSR count). The molecule has 20 heavy (non-hydrogen) atoms. The molecular weight excluding hydrogens is 290 g/mol. The normalized spacial score (nSPS) is 13.1. The van der Waals surface area contributed by atoms with Gasteiger partial charge in [-0.3, -0.25) is 0 Å². The van der Waals surface area contributed by atoms with Crippen molar-refractivity contribution in [2.45, 2.75) is 45.3 Å². The van der Waals surface area contributed by atoms with E-state index in [4.69, 9.17) is 16.0 Å². The summed E-state index contributed by atoms with van der Waals surface area (Å²) >= 11 is 6.14. The number of nitrogens with zero attached hydrogens (tertiary/aromatic N) is 2. The minimum atomic E-state index is -1.69. The van der Waals surface area contributed by atoms with Crippen molar-refractivity contribution in [2.24, 2.45) is 0 Å². The van der Waals surface area contributed by atoms with Crippen LogP contribution in [0.15, 0.2) is 12.5 Å². The van der Waals surface area contributed by atoms with Crippen LogP contribution in [0, 0.1) is 0 Å². The van der Waals surface area contributed by atoms with Crippen LogP contribution < -0.4 is 0 Å². The highest BCUT2D eigenvalue weighted by Crippen LogP contribution is 2.36. The second kappa shape index (κ2) is 5.46. The second-order valence-electron chi connectivity index (χ2n) is 6.56. The number of halogens is 1. The zero-order valence-electron chi connectivity index (χ0n) is 12.7. The number of H-pyrrole nitrogens is 1. The maximum Gasteiger partial charge on any atom is 0.191 e. The number of rotatable bonds is 4. The van der Waals surface area contributed by atoms with Gasteiger partial charge in [0.1, 0.15) is 17.1 Å². The van der Waals surface area contributed by atoms with Crippen LogP contribution in [0.25, 0.3) is 11.0 Å².